The van der Waals surface area contributed by atoms with E-state index in [1.165, 1.54) is 48.5 Å². The highest BCUT2D eigenvalue weighted by Crippen LogP contribution is 2.26. The Balaban J connectivity index is 2.00. The smallest absolute Gasteiger partial charge is 0.123 e. The van der Waals surface area contributed by atoms with Gasteiger partial charge in [0.25, 0.3) is 0 Å². The molecule has 156 valence electrons. The highest BCUT2D eigenvalue weighted by atomic mass is 19.1. The van der Waals surface area contributed by atoms with Gasteiger partial charge in [-0.25, -0.2) is 17.6 Å². The van der Waals surface area contributed by atoms with Crippen molar-refractivity contribution in [3.63, 3.8) is 0 Å². The summed E-state index contributed by atoms with van der Waals surface area (Å²) in [5.74, 6) is -1.54. The predicted molar refractivity (Wildman–Crippen MR) is 118 cm³/mol. The van der Waals surface area contributed by atoms with Gasteiger partial charge in [0.15, 0.2) is 0 Å². The van der Waals surface area contributed by atoms with Crippen LogP contribution in [-0.2, 0) is 0 Å². The predicted octanol–water partition coefficient (Wildman–Crippen LogP) is 7.56. The van der Waals surface area contributed by atoms with Crippen molar-refractivity contribution in [1.82, 2.24) is 0 Å². The van der Waals surface area contributed by atoms with E-state index in [-0.39, 0.29) is 23.3 Å². The van der Waals surface area contributed by atoms with Gasteiger partial charge in [0.05, 0.1) is 0 Å². The molecule has 0 heterocycles. The van der Waals surface area contributed by atoms with Crippen molar-refractivity contribution in [2.75, 3.05) is 0 Å². The van der Waals surface area contributed by atoms with Gasteiger partial charge in [-0.15, -0.1) is 0 Å². The normalized spacial score (nSPS) is 10.2. The zero-order valence-corrected chi connectivity index (χ0v) is 16.7. The van der Waals surface area contributed by atoms with Crippen LogP contribution >= 0.6 is 0 Å². The minimum Gasteiger partial charge on any atom is -0.207 e. The Morgan fingerprint density at radius 1 is 0.344 bits per heavy atom. The second kappa shape index (κ2) is 9.36. The Hall–Kier alpha value is -4.10. The molecule has 0 aliphatic rings. The van der Waals surface area contributed by atoms with Crippen LogP contribution in [0, 0.1) is 23.3 Å². The fourth-order valence-corrected chi connectivity index (χ4v) is 3.21. The lowest BCUT2D eigenvalue weighted by Gasteiger charge is -2.07. The van der Waals surface area contributed by atoms with E-state index in [0.29, 0.717) is 33.4 Å². The molecule has 0 N–H and O–H groups in total. The van der Waals surface area contributed by atoms with E-state index in [2.05, 4.69) is 11.5 Å². The molecule has 0 radical (unpaired) electrons. The van der Waals surface area contributed by atoms with Gasteiger partial charge in [0, 0.05) is 11.1 Å². The van der Waals surface area contributed by atoms with Gasteiger partial charge in [-0.3, -0.25) is 0 Å². The summed E-state index contributed by atoms with van der Waals surface area (Å²) in [5, 5.41) is 0. The number of rotatable bonds is 4. The van der Waals surface area contributed by atoms with E-state index in [9.17, 15) is 17.6 Å². The number of hydrogen-bond donors (Lipinski definition) is 0. The first-order valence-corrected chi connectivity index (χ1v) is 9.79. The summed E-state index contributed by atoms with van der Waals surface area (Å²) in [6.45, 7) is 0. The topological polar surface area (TPSA) is 0 Å². The van der Waals surface area contributed by atoms with Crippen molar-refractivity contribution in [1.29, 1.82) is 0 Å². The molecule has 0 fully saturated rings. The highest BCUT2D eigenvalue weighted by Gasteiger charge is 2.08. The first-order chi connectivity index (χ1) is 15.5. The molecule has 0 aliphatic heterocycles. The van der Waals surface area contributed by atoms with Crippen LogP contribution in [0.4, 0.5) is 17.6 Å². The van der Waals surface area contributed by atoms with Crippen molar-refractivity contribution in [3.05, 3.63) is 154 Å². The molecule has 4 heteroatoms. The maximum absolute atomic E-state index is 13.5. The Labute approximate surface area is 183 Å². The Morgan fingerprint density at radius 2 is 0.531 bits per heavy atom. The zero-order valence-electron chi connectivity index (χ0n) is 16.7. The van der Waals surface area contributed by atoms with Crippen LogP contribution in [0.2, 0.25) is 0 Å². The van der Waals surface area contributed by atoms with Crippen LogP contribution < -0.4 is 0 Å². The monoisotopic (exact) mass is 428 g/mol. The fourth-order valence-electron chi connectivity index (χ4n) is 3.21. The van der Waals surface area contributed by atoms with Gasteiger partial charge in [-0.05, 0) is 70.8 Å². The summed E-state index contributed by atoms with van der Waals surface area (Å²) in [6, 6.07) is 23.4. The Bertz CT molecular complexity index is 1120. The van der Waals surface area contributed by atoms with E-state index in [1.807, 2.05) is 0 Å². The summed E-state index contributed by atoms with van der Waals surface area (Å²) in [4.78, 5) is 0. The van der Waals surface area contributed by atoms with E-state index < -0.39 is 0 Å². The number of benzene rings is 4. The first kappa shape index (κ1) is 21.1. The van der Waals surface area contributed by atoms with Crippen LogP contribution in [0.15, 0.2) is 109 Å². The summed E-state index contributed by atoms with van der Waals surface area (Å²) < 4.78 is 53.9. The van der Waals surface area contributed by atoms with E-state index in [1.54, 1.807) is 48.5 Å². The van der Waals surface area contributed by atoms with Crippen LogP contribution in [0.1, 0.15) is 22.3 Å². The van der Waals surface area contributed by atoms with Gasteiger partial charge >= 0.3 is 0 Å². The third-order valence-electron chi connectivity index (χ3n) is 4.84. The molecular weight excluding hydrogens is 412 g/mol. The molecule has 4 aromatic rings. The van der Waals surface area contributed by atoms with Crippen LogP contribution in [0.5, 0.6) is 0 Å². The van der Waals surface area contributed by atoms with Crippen molar-refractivity contribution >= 4 is 11.1 Å². The lowest BCUT2D eigenvalue weighted by molar-refractivity contribution is 0.627. The standard InChI is InChI=1S/C28H16F4/c29-23-9-1-19(2-10-23)27(20-3-11-24(30)12-4-20)17-18-28(21-5-13-25(31)14-6-21)22-7-15-26(32)16-8-22/h1-16H. The quantitative estimate of drug-likeness (QED) is 0.232. The minimum absolute atomic E-state index is 0.384. The molecule has 0 saturated carbocycles. The van der Waals surface area contributed by atoms with Gasteiger partial charge in [0.2, 0.25) is 0 Å². The average molecular weight is 428 g/mol. The summed E-state index contributed by atoms with van der Waals surface area (Å²) >= 11 is 0. The van der Waals surface area contributed by atoms with Crippen LogP contribution in [0.3, 0.4) is 0 Å². The number of hydrogen-bond acceptors (Lipinski definition) is 0. The number of halogens is 4. The maximum Gasteiger partial charge on any atom is 0.123 e. The second-order valence-corrected chi connectivity index (χ2v) is 7.03. The van der Waals surface area contributed by atoms with Crippen molar-refractivity contribution in [3.8, 4) is 0 Å². The van der Waals surface area contributed by atoms with Gasteiger partial charge < -0.3 is 0 Å². The molecule has 0 unspecified atom stereocenters. The first-order valence-electron chi connectivity index (χ1n) is 9.79. The van der Waals surface area contributed by atoms with E-state index >= 15 is 0 Å². The summed E-state index contributed by atoms with van der Waals surface area (Å²) in [7, 11) is 0. The SMILES string of the molecule is Fc1ccc(C(=C=C=C(c2ccc(F)cc2)c2ccc(F)cc2)c2ccc(F)cc2)cc1. The second-order valence-electron chi connectivity index (χ2n) is 7.03. The molecule has 32 heavy (non-hydrogen) atoms. The molecule has 4 aromatic carbocycles. The van der Waals surface area contributed by atoms with Gasteiger partial charge in [-0.1, -0.05) is 60.0 Å². The Kier molecular flexibility index (Phi) is 6.19. The van der Waals surface area contributed by atoms with Crippen LogP contribution in [0.25, 0.3) is 11.1 Å². The highest BCUT2D eigenvalue weighted by molar-refractivity contribution is 5.83. The fraction of sp³-hybridized carbons (Fsp3) is 0. The van der Waals surface area contributed by atoms with Crippen molar-refractivity contribution in [2.24, 2.45) is 0 Å². The van der Waals surface area contributed by atoms with E-state index in [4.69, 9.17) is 0 Å². The average Bonchev–Trinajstić information content (AvgIpc) is 2.80. The van der Waals surface area contributed by atoms with E-state index in [0.717, 1.165) is 0 Å². The van der Waals surface area contributed by atoms with Crippen LogP contribution in [-0.4, -0.2) is 0 Å². The zero-order chi connectivity index (χ0) is 22.5. The molecule has 0 saturated heterocycles. The molecule has 0 aromatic heterocycles. The molecule has 0 spiro atoms. The third kappa shape index (κ3) is 4.96. The Morgan fingerprint density at radius 3 is 0.719 bits per heavy atom. The molecule has 0 nitrogen and oxygen atoms in total. The lowest BCUT2D eigenvalue weighted by atomic mass is 9.96. The van der Waals surface area contributed by atoms with Crippen molar-refractivity contribution < 1.29 is 17.6 Å². The molecule has 4 rings (SSSR count). The molecule has 0 atom stereocenters. The minimum atomic E-state index is -0.384. The summed E-state index contributed by atoms with van der Waals surface area (Å²) in [6.07, 6.45) is 0. The lowest BCUT2D eigenvalue weighted by Crippen LogP contribution is -1.89. The van der Waals surface area contributed by atoms with Gasteiger partial charge in [0.1, 0.15) is 23.3 Å². The summed E-state index contributed by atoms with van der Waals surface area (Å²) in [5.41, 5.74) is 9.98. The molecule has 0 amide bonds. The molecular formula is C28H16F4. The van der Waals surface area contributed by atoms with Gasteiger partial charge in [-0.2, -0.15) is 0 Å². The molecule has 0 aliphatic carbocycles. The largest absolute Gasteiger partial charge is 0.207 e. The van der Waals surface area contributed by atoms with Crippen molar-refractivity contribution in [2.45, 2.75) is 0 Å². The molecule has 0 bridgehead atoms. The third-order valence-corrected chi connectivity index (χ3v) is 4.84. The maximum atomic E-state index is 13.5.